The molecule has 24 heavy (non-hydrogen) atoms. The first-order valence-corrected chi connectivity index (χ1v) is 8.81. The molecule has 2 unspecified atom stereocenters. The van der Waals surface area contributed by atoms with Crippen molar-refractivity contribution in [3.05, 3.63) is 35.9 Å². The summed E-state index contributed by atoms with van der Waals surface area (Å²) in [6.07, 6.45) is 6.30. The molecule has 5 nitrogen and oxygen atoms in total. The summed E-state index contributed by atoms with van der Waals surface area (Å²) in [5, 5.41) is 21.9. The van der Waals surface area contributed by atoms with E-state index in [9.17, 15) is 19.8 Å². The number of carbonyl (C=O) groups is 2. The molecule has 0 aliphatic heterocycles. The van der Waals surface area contributed by atoms with Crippen LogP contribution >= 0.6 is 0 Å². The van der Waals surface area contributed by atoms with Crippen LogP contribution in [0.15, 0.2) is 30.3 Å². The van der Waals surface area contributed by atoms with Gasteiger partial charge >= 0.3 is 11.9 Å². The number of hydrogen-bond acceptors (Lipinski definition) is 3. The van der Waals surface area contributed by atoms with Gasteiger partial charge in [0.15, 0.2) is 0 Å². The molecular formula is C19H27NO4. The van der Waals surface area contributed by atoms with Gasteiger partial charge in [0.05, 0.1) is 5.92 Å². The Morgan fingerprint density at radius 2 is 1.71 bits per heavy atom. The van der Waals surface area contributed by atoms with Crippen LogP contribution < -0.4 is 5.32 Å². The van der Waals surface area contributed by atoms with E-state index in [-0.39, 0.29) is 12.5 Å². The molecule has 3 N–H and O–H groups in total. The Balaban J connectivity index is 1.88. The third-order valence-electron chi connectivity index (χ3n) is 4.98. The number of rotatable bonds is 9. The van der Waals surface area contributed by atoms with E-state index in [1.165, 1.54) is 6.42 Å². The van der Waals surface area contributed by atoms with Gasteiger partial charge in [-0.1, -0.05) is 49.6 Å². The molecule has 2 rings (SSSR count). The highest BCUT2D eigenvalue weighted by molar-refractivity contribution is 5.74. The van der Waals surface area contributed by atoms with Crippen LogP contribution in [0.25, 0.3) is 0 Å². The van der Waals surface area contributed by atoms with Crippen molar-refractivity contribution in [2.75, 3.05) is 6.54 Å². The van der Waals surface area contributed by atoms with Crippen LogP contribution in [0, 0.1) is 11.8 Å². The molecule has 0 heterocycles. The van der Waals surface area contributed by atoms with Gasteiger partial charge in [-0.15, -0.1) is 0 Å². The predicted molar refractivity (Wildman–Crippen MR) is 91.9 cm³/mol. The van der Waals surface area contributed by atoms with Crippen LogP contribution in [0.2, 0.25) is 0 Å². The Morgan fingerprint density at radius 3 is 2.29 bits per heavy atom. The van der Waals surface area contributed by atoms with Crippen molar-refractivity contribution >= 4 is 11.9 Å². The maximum Gasteiger partial charge on any atom is 0.320 e. The van der Waals surface area contributed by atoms with Crippen molar-refractivity contribution in [3.63, 3.8) is 0 Å². The van der Waals surface area contributed by atoms with Gasteiger partial charge in [0.25, 0.3) is 0 Å². The van der Waals surface area contributed by atoms with E-state index in [1.807, 2.05) is 30.3 Å². The standard InChI is InChI=1S/C19H27NO4/c21-18(22)16(15-9-5-2-6-10-15)13-20-17(19(23)24)12-11-14-7-3-1-4-8-14/h1,3-4,7-8,15-17,20H,2,5-6,9-13H2,(H,21,22)(H,23,24). The Labute approximate surface area is 143 Å². The van der Waals surface area contributed by atoms with Crippen LogP contribution in [0.5, 0.6) is 0 Å². The second-order valence-electron chi connectivity index (χ2n) is 6.67. The number of nitrogens with one attached hydrogen (secondary N) is 1. The van der Waals surface area contributed by atoms with E-state index in [2.05, 4.69) is 5.32 Å². The molecule has 1 saturated carbocycles. The molecule has 1 aliphatic carbocycles. The Hall–Kier alpha value is -1.88. The normalized spacial score (nSPS) is 18.0. The zero-order chi connectivity index (χ0) is 17.4. The van der Waals surface area contributed by atoms with Gasteiger partial charge in [0, 0.05) is 6.54 Å². The third-order valence-corrected chi connectivity index (χ3v) is 4.98. The van der Waals surface area contributed by atoms with Gasteiger partial charge < -0.3 is 15.5 Å². The van der Waals surface area contributed by atoms with E-state index >= 15 is 0 Å². The zero-order valence-corrected chi connectivity index (χ0v) is 14.0. The summed E-state index contributed by atoms with van der Waals surface area (Å²) in [6, 6.07) is 9.03. The SMILES string of the molecule is O=C(O)C(CCc1ccccc1)NCC(C(=O)O)C1CCCCC1. The minimum atomic E-state index is -0.918. The van der Waals surface area contributed by atoms with Crippen molar-refractivity contribution in [1.29, 1.82) is 0 Å². The van der Waals surface area contributed by atoms with E-state index in [0.29, 0.717) is 12.8 Å². The molecule has 132 valence electrons. The van der Waals surface area contributed by atoms with Crippen LogP contribution in [0.4, 0.5) is 0 Å². The lowest BCUT2D eigenvalue weighted by Gasteiger charge is -2.28. The number of carboxylic acid groups (broad SMARTS) is 2. The molecule has 0 radical (unpaired) electrons. The molecule has 0 aromatic heterocycles. The minimum Gasteiger partial charge on any atom is -0.481 e. The van der Waals surface area contributed by atoms with Gasteiger partial charge in [-0.25, -0.2) is 0 Å². The average molecular weight is 333 g/mol. The average Bonchev–Trinajstić information content (AvgIpc) is 2.59. The molecule has 5 heteroatoms. The van der Waals surface area contributed by atoms with Crippen molar-refractivity contribution in [2.24, 2.45) is 11.8 Å². The van der Waals surface area contributed by atoms with E-state index in [0.717, 1.165) is 31.2 Å². The van der Waals surface area contributed by atoms with Crippen LogP contribution in [0.1, 0.15) is 44.1 Å². The summed E-state index contributed by atoms with van der Waals surface area (Å²) in [6.45, 7) is 0.228. The molecule has 1 aromatic carbocycles. The molecular weight excluding hydrogens is 306 g/mol. The van der Waals surface area contributed by atoms with Crippen molar-refractivity contribution < 1.29 is 19.8 Å². The maximum atomic E-state index is 11.6. The minimum absolute atomic E-state index is 0.160. The van der Waals surface area contributed by atoms with Crippen molar-refractivity contribution in [2.45, 2.75) is 51.0 Å². The highest BCUT2D eigenvalue weighted by Gasteiger charge is 2.30. The molecule has 0 amide bonds. The van der Waals surface area contributed by atoms with Gasteiger partial charge in [-0.2, -0.15) is 0 Å². The summed E-state index contributed by atoms with van der Waals surface area (Å²) >= 11 is 0. The van der Waals surface area contributed by atoms with E-state index in [4.69, 9.17) is 0 Å². The third kappa shape index (κ3) is 5.64. The molecule has 1 fully saturated rings. The summed E-state index contributed by atoms with van der Waals surface area (Å²) in [5.74, 6) is -2.07. The van der Waals surface area contributed by atoms with Crippen molar-refractivity contribution in [1.82, 2.24) is 5.32 Å². The largest absolute Gasteiger partial charge is 0.481 e. The monoisotopic (exact) mass is 333 g/mol. The number of hydrogen-bond donors (Lipinski definition) is 3. The van der Waals surface area contributed by atoms with E-state index in [1.54, 1.807) is 0 Å². The molecule has 1 aromatic rings. The summed E-state index contributed by atoms with van der Waals surface area (Å²) in [4.78, 5) is 23.0. The number of aliphatic carboxylic acids is 2. The predicted octanol–water partition coefficient (Wildman–Crippen LogP) is 2.94. The van der Waals surface area contributed by atoms with Crippen LogP contribution in [-0.4, -0.2) is 34.7 Å². The fourth-order valence-electron chi connectivity index (χ4n) is 3.53. The zero-order valence-electron chi connectivity index (χ0n) is 14.0. The van der Waals surface area contributed by atoms with Gasteiger partial charge in [-0.05, 0) is 37.2 Å². The summed E-state index contributed by atoms with van der Waals surface area (Å²) in [5.41, 5.74) is 1.09. The van der Waals surface area contributed by atoms with Crippen LogP contribution in [0.3, 0.4) is 0 Å². The number of benzene rings is 1. The molecule has 1 aliphatic rings. The first kappa shape index (κ1) is 18.5. The second-order valence-corrected chi connectivity index (χ2v) is 6.67. The first-order chi connectivity index (χ1) is 11.6. The van der Waals surface area contributed by atoms with E-state index < -0.39 is 23.9 Å². The van der Waals surface area contributed by atoms with Gasteiger partial charge in [-0.3, -0.25) is 9.59 Å². The maximum absolute atomic E-state index is 11.6. The highest BCUT2D eigenvalue weighted by atomic mass is 16.4. The fraction of sp³-hybridized carbons (Fsp3) is 0.579. The first-order valence-electron chi connectivity index (χ1n) is 8.81. The Kier molecular flexibility index (Phi) is 7.25. The van der Waals surface area contributed by atoms with Gasteiger partial charge in [0.1, 0.15) is 6.04 Å². The number of carboxylic acids is 2. The Bertz CT molecular complexity index is 525. The van der Waals surface area contributed by atoms with Crippen molar-refractivity contribution in [3.8, 4) is 0 Å². The topological polar surface area (TPSA) is 86.6 Å². The van der Waals surface area contributed by atoms with Crippen LogP contribution in [-0.2, 0) is 16.0 Å². The smallest absolute Gasteiger partial charge is 0.320 e. The summed E-state index contributed by atoms with van der Waals surface area (Å²) in [7, 11) is 0. The van der Waals surface area contributed by atoms with Gasteiger partial charge in [0.2, 0.25) is 0 Å². The summed E-state index contributed by atoms with van der Waals surface area (Å²) < 4.78 is 0. The molecule has 2 atom stereocenters. The number of aryl methyl sites for hydroxylation is 1. The Morgan fingerprint density at radius 1 is 1.04 bits per heavy atom. The lowest BCUT2D eigenvalue weighted by atomic mass is 9.80. The lowest BCUT2D eigenvalue weighted by molar-refractivity contribution is -0.145. The second kappa shape index (κ2) is 9.42. The molecule has 0 saturated heterocycles. The quantitative estimate of drug-likeness (QED) is 0.647. The molecule has 0 spiro atoms. The fourth-order valence-corrected chi connectivity index (χ4v) is 3.53. The molecule has 0 bridgehead atoms. The lowest BCUT2D eigenvalue weighted by Crippen LogP contribution is -2.43. The highest BCUT2D eigenvalue weighted by Crippen LogP contribution is 2.30.